The molecule has 0 aliphatic rings. The quantitative estimate of drug-likeness (QED) is 0.374. The number of alkyl halides is 14. The Kier molecular flexibility index (Phi) is 5.37. The minimum Gasteiger partial charge on any atom is -0.332 e. The van der Waals surface area contributed by atoms with Gasteiger partial charge in [-0.25, -0.2) is 0 Å². The van der Waals surface area contributed by atoms with Gasteiger partial charge in [-0.1, -0.05) is 0 Å². The second-order valence-electron chi connectivity index (χ2n) is 3.71. The van der Waals surface area contributed by atoms with Crippen LogP contribution >= 0.6 is 0 Å². The van der Waals surface area contributed by atoms with Crippen LogP contribution in [0.15, 0.2) is 5.16 Å². The molecule has 0 saturated carbocycles. The van der Waals surface area contributed by atoms with Crippen molar-refractivity contribution in [3.05, 3.63) is 0 Å². The first-order valence-corrected chi connectivity index (χ1v) is 4.70. The van der Waals surface area contributed by atoms with Gasteiger partial charge in [0, 0.05) is 0 Å². The average Bonchev–Trinajstić information content (AvgIpc) is 2.30. The summed E-state index contributed by atoms with van der Waals surface area (Å²) in [5.74, 6) is -25.9. The molecule has 2 nitrogen and oxygen atoms in total. The molecule has 0 bridgehead atoms. The lowest BCUT2D eigenvalue weighted by Gasteiger charge is -2.28. The van der Waals surface area contributed by atoms with Gasteiger partial charge >= 0.3 is 42.2 Å². The van der Waals surface area contributed by atoms with Crippen LogP contribution in [0, 0.1) is 0 Å². The number of hydrogen-bond acceptors (Lipinski definition) is 2. The fourth-order valence-corrected chi connectivity index (χ4v) is 0.732. The predicted molar refractivity (Wildman–Crippen MR) is 41.5 cm³/mol. The Balaban J connectivity index is 5.87. The molecule has 0 aromatic rings. The van der Waals surface area contributed by atoms with Crippen molar-refractivity contribution in [1.82, 2.24) is 0 Å². The molecule has 17 heteroatoms. The zero-order chi connectivity index (χ0) is 20.0. The van der Waals surface area contributed by atoms with Crippen molar-refractivity contribution in [2.45, 2.75) is 36.2 Å². The molecule has 0 spiro atoms. The van der Waals surface area contributed by atoms with Crippen LogP contribution in [0.2, 0.25) is 0 Å². The Bertz CT molecular complexity index is 468. The monoisotopic (exact) mass is 399 g/mol. The van der Waals surface area contributed by atoms with Crippen molar-refractivity contribution in [3.8, 4) is 0 Å². The standard InChI is InChI=1S/C7F15NO/c8-1(2(9,10)3(11,12)5(14,15)16)23-24-4(13,6(17,18)19)7(20,21)22/b23-1-. The summed E-state index contributed by atoms with van der Waals surface area (Å²) in [4.78, 5) is 1.83. The van der Waals surface area contributed by atoms with E-state index in [-0.39, 0.29) is 0 Å². The SMILES string of the molecule is F/C(=N\OC(F)(C(F)(F)F)C(F)(F)F)C(F)(F)C(F)(F)C(F)(F)F. The van der Waals surface area contributed by atoms with Crippen LogP contribution in [-0.4, -0.2) is 42.2 Å². The van der Waals surface area contributed by atoms with Crippen LogP contribution in [0.4, 0.5) is 65.9 Å². The van der Waals surface area contributed by atoms with E-state index in [1.165, 1.54) is 0 Å². The van der Waals surface area contributed by atoms with Gasteiger partial charge in [-0.2, -0.15) is 65.9 Å². The number of hydrogen-bond donors (Lipinski definition) is 0. The van der Waals surface area contributed by atoms with Crippen molar-refractivity contribution in [2.24, 2.45) is 5.16 Å². The molecule has 0 atom stereocenters. The third-order valence-corrected chi connectivity index (χ3v) is 1.99. The lowest BCUT2D eigenvalue weighted by molar-refractivity contribution is -0.431. The van der Waals surface area contributed by atoms with Crippen LogP contribution < -0.4 is 0 Å². The van der Waals surface area contributed by atoms with Gasteiger partial charge in [0.2, 0.25) is 0 Å². The van der Waals surface area contributed by atoms with E-state index in [1.54, 1.807) is 0 Å². The molecule has 0 aliphatic heterocycles. The van der Waals surface area contributed by atoms with E-state index in [2.05, 4.69) is 0 Å². The molecule has 0 N–H and O–H groups in total. The summed E-state index contributed by atoms with van der Waals surface area (Å²) >= 11 is 0. The fourth-order valence-electron chi connectivity index (χ4n) is 0.732. The first kappa shape index (κ1) is 22.4. The summed E-state index contributed by atoms with van der Waals surface area (Å²) in [7, 11) is 0. The van der Waals surface area contributed by atoms with Gasteiger partial charge in [0.15, 0.2) is 0 Å². The van der Waals surface area contributed by atoms with Crippen molar-refractivity contribution in [3.63, 3.8) is 0 Å². The largest absolute Gasteiger partial charge is 0.472 e. The summed E-state index contributed by atoms with van der Waals surface area (Å²) in [5.41, 5.74) is 0. The normalized spacial score (nSPS) is 16.4. The average molecular weight is 399 g/mol. The lowest BCUT2D eigenvalue weighted by Crippen LogP contribution is -2.56. The number of oxime groups is 1. The molecule has 0 aromatic carbocycles. The Labute approximate surface area is 119 Å². The third kappa shape index (κ3) is 3.57. The molecular weight excluding hydrogens is 399 g/mol. The van der Waals surface area contributed by atoms with Crippen LogP contribution in [0.3, 0.4) is 0 Å². The number of nitrogens with zero attached hydrogens (tertiary/aromatic N) is 1. The first-order valence-electron chi connectivity index (χ1n) is 4.70. The topological polar surface area (TPSA) is 21.6 Å². The van der Waals surface area contributed by atoms with Gasteiger partial charge in [-0.3, -0.25) is 0 Å². The maximum Gasteiger partial charge on any atom is 0.472 e. The minimum atomic E-state index is -7.31. The van der Waals surface area contributed by atoms with E-state index < -0.39 is 42.2 Å². The molecule has 0 aromatic heterocycles. The number of rotatable bonds is 4. The van der Waals surface area contributed by atoms with Gasteiger partial charge < -0.3 is 4.84 Å². The predicted octanol–water partition coefficient (Wildman–Crippen LogP) is 4.91. The molecule has 0 aliphatic carbocycles. The maximum atomic E-state index is 12.7. The molecule has 144 valence electrons. The highest BCUT2D eigenvalue weighted by Gasteiger charge is 2.78. The minimum absolute atomic E-state index is 0.486. The van der Waals surface area contributed by atoms with Crippen LogP contribution in [0.25, 0.3) is 0 Å². The van der Waals surface area contributed by atoms with Crippen molar-refractivity contribution in [2.75, 3.05) is 0 Å². The lowest BCUT2D eigenvalue weighted by atomic mass is 10.1. The highest BCUT2D eigenvalue weighted by Crippen LogP contribution is 2.49. The van der Waals surface area contributed by atoms with Crippen LogP contribution in [-0.2, 0) is 4.84 Å². The third-order valence-electron chi connectivity index (χ3n) is 1.99. The molecule has 24 heavy (non-hydrogen) atoms. The Morgan fingerprint density at radius 1 is 0.583 bits per heavy atom. The van der Waals surface area contributed by atoms with Gasteiger partial charge in [0.25, 0.3) is 0 Å². The van der Waals surface area contributed by atoms with Crippen molar-refractivity contribution < 1.29 is 70.7 Å². The van der Waals surface area contributed by atoms with Gasteiger partial charge in [-0.05, 0) is 5.16 Å². The highest BCUT2D eigenvalue weighted by atomic mass is 19.4. The van der Waals surface area contributed by atoms with E-state index >= 15 is 0 Å². The van der Waals surface area contributed by atoms with Crippen LogP contribution in [0.5, 0.6) is 0 Å². The van der Waals surface area contributed by atoms with E-state index in [0.29, 0.717) is 5.16 Å². The summed E-state index contributed by atoms with van der Waals surface area (Å²) in [6.45, 7) is 0. The summed E-state index contributed by atoms with van der Waals surface area (Å²) in [6.07, 6.45) is -21.4. The summed E-state index contributed by atoms with van der Waals surface area (Å²) in [5, 5.41) is 0.486. The Hall–Kier alpha value is -1.58. The molecule has 0 radical (unpaired) electrons. The van der Waals surface area contributed by atoms with E-state index in [9.17, 15) is 65.9 Å². The molecule has 0 heterocycles. The summed E-state index contributed by atoms with van der Waals surface area (Å²) in [6, 6.07) is 0. The highest BCUT2D eigenvalue weighted by molar-refractivity contribution is 5.83. The van der Waals surface area contributed by atoms with Crippen molar-refractivity contribution >= 4 is 5.97 Å². The molecule has 0 saturated heterocycles. The van der Waals surface area contributed by atoms with Gasteiger partial charge in [0.05, 0.1) is 0 Å². The van der Waals surface area contributed by atoms with E-state index in [0.717, 1.165) is 0 Å². The maximum absolute atomic E-state index is 12.7. The smallest absolute Gasteiger partial charge is 0.332 e. The molecule has 0 amide bonds. The molecule has 0 rings (SSSR count). The second kappa shape index (κ2) is 5.75. The van der Waals surface area contributed by atoms with E-state index in [1.807, 2.05) is 4.84 Å². The zero-order valence-electron chi connectivity index (χ0n) is 10.0. The van der Waals surface area contributed by atoms with Crippen molar-refractivity contribution in [1.29, 1.82) is 0 Å². The first-order chi connectivity index (χ1) is 10.1. The molecular formula is C7F15NO. The Morgan fingerprint density at radius 3 is 1.17 bits per heavy atom. The Morgan fingerprint density at radius 2 is 0.917 bits per heavy atom. The van der Waals surface area contributed by atoms with Gasteiger partial charge in [0.1, 0.15) is 0 Å². The summed E-state index contributed by atoms with van der Waals surface area (Å²) < 4.78 is 181. The zero-order valence-corrected chi connectivity index (χ0v) is 10.0. The van der Waals surface area contributed by atoms with Crippen LogP contribution in [0.1, 0.15) is 0 Å². The number of halogens is 15. The van der Waals surface area contributed by atoms with E-state index in [4.69, 9.17) is 0 Å². The van der Waals surface area contributed by atoms with Gasteiger partial charge in [-0.15, -0.1) is 0 Å². The second-order valence-corrected chi connectivity index (χ2v) is 3.71. The fraction of sp³-hybridized carbons (Fsp3) is 0.857. The molecule has 0 unspecified atom stereocenters. The molecule has 0 fully saturated rings.